The number of rotatable bonds is 9. The molecule has 0 saturated carbocycles. The number of anilines is 1. The number of hydrogen-bond acceptors (Lipinski definition) is 7. The molecule has 3 rings (SSSR count). The SMILES string of the molecule is COc1ccccc1N1CCN(CC(COc2ccccc2C(C)=O)OC(C)=O)CC1. The Morgan fingerprint density at radius 2 is 1.58 bits per heavy atom. The number of piperazine rings is 1. The zero-order chi connectivity index (χ0) is 22.2. The Kier molecular flexibility index (Phi) is 7.89. The van der Waals surface area contributed by atoms with Crippen LogP contribution < -0.4 is 14.4 Å². The van der Waals surface area contributed by atoms with E-state index >= 15 is 0 Å². The number of carbonyl (C=O) groups excluding carboxylic acids is 2. The van der Waals surface area contributed by atoms with Crippen LogP contribution in [0, 0.1) is 0 Å². The number of ether oxygens (including phenoxy) is 3. The number of carbonyl (C=O) groups is 2. The van der Waals surface area contributed by atoms with Crippen LogP contribution in [0.2, 0.25) is 0 Å². The van der Waals surface area contributed by atoms with E-state index in [-0.39, 0.29) is 18.4 Å². The molecular weight excluding hydrogens is 396 g/mol. The van der Waals surface area contributed by atoms with Gasteiger partial charge in [0.1, 0.15) is 24.2 Å². The number of hydrogen-bond donors (Lipinski definition) is 0. The lowest BCUT2D eigenvalue weighted by Crippen LogP contribution is -2.50. The molecule has 2 aromatic carbocycles. The fourth-order valence-corrected chi connectivity index (χ4v) is 3.78. The van der Waals surface area contributed by atoms with Gasteiger partial charge < -0.3 is 19.1 Å². The van der Waals surface area contributed by atoms with Crippen molar-refractivity contribution in [2.24, 2.45) is 0 Å². The van der Waals surface area contributed by atoms with Crippen molar-refractivity contribution in [1.82, 2.24) is 4.90 Å². The first-order valence-electron chi connectivity index (χ1n) is 10.5. The minimum Gasteiger partial charge on any atom is -0.495 e. The Hall–Kier alpha value is -3.06. The maximum Gasteiger partial charge on any atom is 0.303 e. The van der Waals surface area contributed by atoms with Gasteiger partial charge in [0, 0.05) is 39.6 Å². The number of Topliss-reactive ketones (excluding diaryl/α,β-unsaturated/α-hetero) is 1. The fraction of sp³-hybridized carbons (Fsp3) is 0.417. The molecule has 1 saturated heterocycles. The Morgan fingerprint density at radius 3 is 2.23 bits per heavy atom. The van der Waals surface area contributed by atoms with Gasteiger partial charge in [0.2, 0.25) is 0 Å². The van der Waals surface area contributed by atoms with E-state index in [0.29, 0.717) is 17.9 Å². The molecule has 31 heavy (non-hydrogen) atoms. The molecule has 2 aromatic rings. The smallest absolute Gasteiger partial charge is 0.303 e. The predicted molar refractivity (Wildman–Crippen MR) is 119 cm³/mol. The van der Waals surface area contributed by atoms with Gasteiger partial charge in [0.05, 0.1) is 18.4 Å². The Balaban J connectivity index is 1.58. The summed E-state index contributed by atoms with van der Waals surface area (Å²) in [6.45, 7) is 7.03. The number of benzene rings is 2. The van der Waals surface area contributed by atoms with E-state index in [2.05, 4.69) is 15.9 Å². The molecule has 0 bridgehead atoms. The molecule has 0 aromatic heterocycles. The van der Waals surface area contributed by atoms with Gasteiger partial charge in [-0.1, -0.05) is 24.3 Å². The predicted octanol–water partition coefficient (Wildman–Crippen LogP) is 3.03. The summed E-state index contributed by atoms with van der Waals surface area (Å²) < 4.78 is 16.9. The van der Waals surface area contributed by atoms with Gasteiger partial charge in [-0.3, -0.25) is 14.5 Å². The molecule has 1 unspecified atom stereocenters. The third-order valence-electron chi connectivity index (χ3n) is 5.28. The molecule has 1 atom stereocenters. The van der Waals surface area contributed by atoms with Gasteiger partial charge >= 0.3 is 5.97 Å². The van der Waals surface area contributed by atoms with E-state index in [9.17, 15) is 9.59 Å². The van der Waals surface area contributed by atoms with Gasteiger partial charge in [0.25, 0.3) is 0 Å². The quantitative estimate of drug-likeness (QED) is 0.451. The van der Waals surface area contributed by atoms with Crippen LogP contribution >= 0.6 is 0 Å². The number of nitrogens with zero attached hydrogens (tertiary/aromatic N) is 2. The molecule has 0 amide bonds. The third-order valence-corrected chi connectivity index (χ3v) is 5.28. The fourth-order valence-electron chi connectivity index (χ4n) is 3.78. The van der Waals surface area contributed by atoms with E-state index in [1.165, 1.54) is 13.8 Å². The molecule has 1 aliphatic rings. The van der Waals surface area contributed by atoms with Gasteiger partial charge in [-0.15, -0.1) is 0 Å². The van der Waals surface area contributed by atoms with Gasteiger partial charge in [-0.2, -0.15) is 0 Å². The summed E-state index contributed by atoms with van der Waals surface area (Å²) in [5.41, 5.74) is 1.61. The highest BCUT2D eigenvalue weighted by atomic mass is 16.6. The lowest BCUT2D eigenvalue weighted by Gasteiger charge is -2.37. The number of ketones is 1. The normalized spacial score (nSPS) is 15.3. The average molecular weight is 427 g/mol. The molecular formula is C24H30N2O5. The van der Waals surface area contributed by atoms with E-state index in [0.717, 1.165) is 37.6 Å². The molecule has 166 valence electrons. The van der Waals surface area contributed by atoms with Crippen molar-refractivity contribution in [2.45, 2.75) is 20.0 Å². The summed E-state index contributed by atoms with van der Waals surface area (Å²) in [5.74, 6) is 0.965. The lowest BCUT2D eigenvalue weighted by atomic mass is 10.1. The minimum absolute atomic E-state index is 0.0629. The van der Waals surface area contributed by atoms with Crippen molar-refractivity contribution in [1.29, 1.82) is 0 Å². The first-order valence-corrected chi connectivity index (χ1v) is 10.5. The van der Waals surface area contributed by atoms with Crippen molar-refractivity contribution in [2.75, 3.05) is 51.3 Å². The number of para-hydroxylation sites is 3. The van der Waals surface area contributed by atoms with Crippen LogP contribution in [-0.4, -0.2) is 69.2 Å². The highest BCUT2D eigenvalue weighted by Crippen LogP contribution is 2.28. The van der Waals surface area contributed by atoms with E-state index in [4.69, 9.17) is 14.2 Å². The van der Waals surface area contributed by atoms with E-state index in [1.807, 2.05) is 24.3 Å². The summed E-state index contributed by atoms with van der Waals surface area (Å²) in [6, 6.07) is 15.1. The molecule has 1 aliphatic heterocycles. The van der Waals surface area contributed by atoms with Crippen LogP contribution in [-0.2, 0) is 9.53 Å². The Morgan fingerprint density at radius 1 is 0.935 bits per heavy atom. The molecule has 0 N–H and O–H groups in total. The van der Waals surface area contributed by atoms with E-state index < -0.39 is 6.10 Å². The van der Waals surface area contributed by atoms with E-state index in [1.54, 1.807) is 25.3 Å². The highest BCUT2D eigenvalue weighted by molar-refractivity contribution is 5.96. The highest BCUT2D eigenvalue weighted by Gasteiger charge is 2.24. The van der Waals surface area contributed by atoms with Crippen LogP contribution in [0.1, 0.15) is 24.2 Å². The summed E-state index contributed by atoms with van der Waals surface area (Å²) in [4.78, 5) is 28.0. The number of esters is 1. The molecule has 0 radical (unpaired) electrons. The molecule has 1 heterocycles. The maximum absolute atomic E-state index is 11.8. The minimum atomic E-state index is -0.421. The van der Waals surface area contributed by atoms with Crippen molar-refractivity contribution >= 4 is 17.4 Å². The van der Waals surface area contributed by atoms with Crippen molar-refractivity contribution in [3.63, 3.8) is 0 Å². The zero-order valence-electron chi connectivity index (χ0n) is 18.4. The first-order chi connectivity index (χ1) is 15.0. The van der Waals surface area contributed by atoms with Crippen molar-refractivity contribution in [3.8, 4) is 11.5 Å². The third kappa shape index (κ3) is 6.21. The summed E-state index contributed by atoms with van der Waals surface area (Å²) in [7, 11) is 1.68. The molecule has 0 aliphatic carbocycles. The van der Waals surface area contributed by atoms with Crippen LogP contribution in [0.5, 0.6) is 11.5 Å². The molecule has 0 spiro atoms. The van der Waals surface area contributed by atoms with Crippen LogP contribution in [0.3, 0.4) is 0 Å². The van der Waals surface area contributed by atoms with Crippen molar-refractivity contribution in [3.05, 3.63) is 54.1 Å². The first kappa shape index (κ1) is 22.6. The van der Waals surface area contributed by atoms with Gasteiger partial charge in [-0.05, 0) is 31.2 Å². The molecule has 7 nitrogen and oxygen atoms in total. The van der Waals surface area contributed by atoms with Crippen molar-refractivity contribution < 1.29 is 23.8 Å². The summed E-state index contributed by atoms with van der Waals surface area (Å²) in [5, 5.41) is 0. The van der Waals surface area contributed by atoms with Crippen LogP contribution in [0.4, 0.5) is 5.69 Å². The molecule has 1 fully saturated rings. The monoisotopic (exact) mass is 426 g/mol. The second-order valence-electron chi connectivity index (χ2n) is 7.55. The Bertz CT molecular complexity index is 893. The largest absolute Gasteiger partial charge is 0.495 e. The van der Waals surface area contributed by atoms with Crippen LogP contribution in [0.15, 0.2) is 48.5 Å². The second kappa shape index (κ2) is 10.8. The average Bonchev–Trinajstić information content (AvgIpc) is 2.77. The van der Waals surface area contributed by atoms with Gasteiger partial charge in [-0.25, -0.2) is 0 Å². The standard InChI is InChI=1S/C24H30N2O5/c1-18(27)21-8-4-6-10-23(21)30-17-20(31-19(2)28)16-25-12-14-26(15-13-25)22-9-5-7-11-24(22)29-3/h4-11,20H,12-17H2,1-3H3. The summed E-state index contributed by atoms with van der Waals surface area (Å²) >= 11 is 0. The topological polar surface area (TPSA) is 68.3 Å². The van der Waals surface area contributed by atoms with Crippen LogP contribution in [0.25, 0.3) is 0 Å². The lowest BCUT2D eigenvalue weighted by molar-refractivity contribution is -0.148. The zero-order valence-corrected chi connectivity index (χ0v) is 18.4. The summed E-state index contributed by atoms with van der Waals surface area (Å²) in [6.07, 6.45) is -0.421. The number of methoxy groups -OCH3 is 1. The molecule has 7 heteroatoms. The maximum atomic E-state index is 11.8. The second-order valence-corrected chi connectivity index (χ2v) is 7.55. The van der Waals surface area contributed by atoms with Gasteiger partial charge in [0.15, 0.2) is 5.78 Å². The Labute approximate surface area is 183 Å².